The molecule has 1 saturated heterocycles. The van der Waals surface area contributed by atoms with Crippen molar-refractivity contribution in [3.63, 3.8) is 0 Å². The van der Waals surface area contributed by atoms with Gasteiger partial charge in [0.2, 0.25) is 15.9 Å². The van der Waals surface area contributed by atoms with Crippen LogP contribution in [0.5, 0.6) is 0 Å². The van der Waals surface area contributed by atoms with E-state index in [0.717, 1.165) is 19.3 Å². The Morgan fingerprint density at radius 1 is 1.32 bits per heavy atom. The lowest BCUT2D eigenvalue weighted by molar-refractivity contribution is -0.115. The van der Waals surface area contributed by atoms with Crippen LogP contribution in [0.4, 0.5) is 5.69 Å². The third kappa shape index (κ3) is 3.64. The summed E-state index contributed by atoms with van der Waals surface area (Å²) in [7, 11) is -3.55. The molecule has 7 heteroatoms. The van der Waals surface area contributed by atoms with E-state index in [1.807, 2.05) is 0 Å². The maximum Gasteiger partial charge on any atom is 0.243 e. The third-order valence-electron chi connectivity index (χ3n) is 3.64. The van der Waals surface area contributed by atoms with Gasteiger partial charge in [-0.1, -0.05) is 12.5 Å². The van der Waals surface area contributed by atoms with Gasteiger partial charge < -0.3 is 5.32 Å². The smallest absolute Gasteiger partial charge is 0.243 e. The molecule has 22 heavy (non-hydrogen) atoms. The highest BCUT2D eigenvalue weighted by Crippen LogP contribution is 2.26. The first-order valence-electron chi connectivity index (χ1n) is 7.23. The van der Waals surface area contributed by atoms with Crippen LogP contribution in [-0.2, 0) is 14.8 Å². The molecule has 1 fully saturated rings. The van der Waals surface area contributed by atoms with Crippen LogP contribution in [0.3, 0.4) is 0 Å². The SMILES string of the molecule is Cc1ccc(NC(=O)CC#N)cc1S(=O)(=O)N1CCCCC1. The zero-order valence-electron chi connectivity index (χ0n) is 12.5. The number of carbonyl (C=O) groups excluding carboxylic acids is 1. The van der Waals surface area contributed by atoms with Gasteiger partial charge in [-0.15, -0.1) is 0 Å². The van der Waals surface area contributed by atoms with Gasteiger partial charge in [0.1, 0.15) is 6.42 Å². The number of sulfonamides is 1. The van der Waals surface area contributed by atoms with Crippen molar-refractivity contribution in [3.8, 4) is 6.07 Å². The van der Waals surface area contributed by atoms with Crippen molar-refractivity contribution < 1.29 is 13.2 Å². The molecule has 6 nitrogen and oxygen atoms in total. The predicted octanol–water partition coefficient (Wildman–Crippen LogP) is 2.02. The van der Waals surface area contributed by atoms with Gasteiger partial charge in [-0.25, -0.2) is 8.42 Å². The average molecular weight is 321 g/mol. The Balaban J connectivity index is 2.29. The summed E-state index contributed by atoms with van der Waals surface area (Å²) in [6.07, 6.45) is 2.53. The van der Waals surface area contributed by atoms with Crippen molar-refractivity contribution in [1.29, 1.82) is 5.26 Å². The summed E-state index contributed by atoms with van der Waals surface area (Å²) >= 11 is 0. The van der Waals surface area contributed by atoms with Crippen molar-refractivity contribution in [2.75, 3.05) is 18.4 Å². The molecule has 2 rings (SSSR count). The minimum absolute atomic E-state index is 0.212. The van der Waals surface area contributed by atoms with Gasteiger partial charge in [0, 0.05) is 18.8 Å². The van der Waals surface area contributed by atoms with Gasteiger partial charge in [-0.05, 0) is 37.5 Å². The first-order valence-corrected chi connectivity index (χ1v) is 8.67. The minimum Gasteiger partial charge on any atom is -0.325 e. The Bertz CT molecular complexity index is 701. The number of hydrogen-bond acceptors (Lipinski definition) is 4. The van der Waals surface area contributed by atoms with Crippen molar-refractivity contribution in [2.45, 2.75) is 37.5 Å². The fraction of sp³-hybridized carbons (Fsp3) is 0.467. The molecule has 0 aliphatic carbocycles. The molecule has 0 bridgehead atoms. The molecule has 1 aliphatic rings. The Morgan fingerprint density at radius 2 is 2.00 bits per heavy atom. The molecule has 0 saturated carbocycles. The predicted molar refractivity (Wildman–Crippen MR) is 82.6 cm³/mol. The normalized spacial score (nSPS) is 16.0. The summed E-state index contributed by atoms with van der Waals surface area (Å²) < 4.78 is 27.0. The molecule has 1 aliphatic heterocycles. The summed E-state index contributed by atoms with van der Waals surface area (Å²) in [5.41, 5.74) is 1.03. The summed E-state index contributed by atoms with van der Waals surface area (Å²) in [6, 6.07) is 6.53. The lowest BCUT2D eigenvalue weighted by Gasteiger charge is -2.26. The fourth-order valence-corrected chi connectivity index (χ4v) is 4.24. The van der Waals surface area contributed by atoms with Gasteiger partial charge >= 0.3 is 0 Å². The molecule has 0 atom stereocenters. The Kier molecular flexibility index (Phi) is 5.16. The number of carbonyl (C=O) groups is 1. The van der Waals surface area contributed by atoms with E-state index in [1.165, 1.54) is 10.4 Å². The second-order valence-corrected chi connectivity index (χ2v) is 7.23. The number of rotatable bonds is 4. The summed E-state index contributed by atoms with van der Waals surface area (Å²) in [6.45, 7) is 2.80. The largest absolute Gasteiger partial charge is 0.325 e. The second kappa shape index (κ2) is 6.90. The highest BCUT2D eigenvalue weighted by atomic mass is 32.2. The highest BCUT2D eigenvalue weighted by Gasteiger charge is 2.27. The maximum absolute atomic E-state index is 12.7. The first kappa shape index (κ1) is 16.5. The highest BCUT2D eigenvalue weighted by molar-refractivity contribution is 7.89. The molecule has 1 heterocycles. The number of nitrogens with zero attached hydrogens (tertiary/aromatic N) is 2. The summed E-state index contributed by atoms with van der Waals surface area (Å²) in [5.74, 6) is -0.451. The molecule has 1 N–H and O–H groups in total. The van der Waals surface area contributed by atoms with Crippen LogP contribution in [0.1, 0.15) is 31.2 Å². The van der Waals surface area contributed by atoms with E-state index < -0.39 is 15.9 Å². The van der Waals surface area contributed by atoms with Crippen molar-refractivity contribution in [3.05, 3.63) is 23.8 Å². The van der Waals surface area contributed by atoms with Crippen molar-refractivity contribution in [1.82, 2.24) is 4.31 Å². The maximum atomic E-state index is 12.7. The quantitative estimate of drug-likeness (QED) is 0.918. The van der Waals surface area contributed by atoms with Gasteiger partial charge in [0.05, 0.1) is 11.0 Å². The zero-order valence-corrected chi connectivity index (χ0v) is 13.3. The Morgan fingerprint density at radius 3 is 2.64 bits per heavy atom. The topological polar surface area (TPSA) is 90.3 Å². The fourth-order valence-electron chi connectivity index (χ4n) is 2.48. The molecule has 1 aromatic carbocycles. The average Bonchev–Trinajstić information content (AvgIpc) is 2.50. The van der Waals surface area contributed by atoms with E-state index in [2.05, 4.69) is 5.32 Å². The van der Waals surface area contributed by atoms with Crippen LogP contribution >= 0.6 is 0 Å². The second-order valence-electron chi connectivity index (χ2n) is 5.33. The van der Waals surface area contributed by atoms with Crippen LogP contribution in [-0.4, -0.2) is 31.7 Å². The standard InChI is InChI=1S/C15H19N3O3S/c1-12-5-6-13(17-15(19)7-8-16)11-14(12)22(20,21)18-9-3-2-4-10-18/h5-6,11H,2-4,7,9-10H2,1H3,(H,17,19). The van der Waals surface area contributed by atoms with Crippen LogP contribution in [0.25, 0.3) is 0 Å². The molecule has 0 aromatic heterocycles. The van der Waals surface area contributed by atoms with Crippen LogP contribution in [0.2, 0.25) is 0 Å². The van der Waals surface area contributed by atoms with Gasteiger partial charge in [-0.3, -0.25) is 4.79 Å². The Labute approximate surface area is 130 Å². The lowest BCUT2D eigenvalue weighted by Crippen LogP contribution is -2.36. The molecule has 0 unspecified atom stereocenters. The van der Waals surface area contributed by atoms with Crippen molar-refractivity contribution >= 4 is 21.6 Å². The molecule has 0 radical (unpaired) electrons. The molecule has 1 aromatic rings. The van der Waals surface area contributed by atoms with E-state index in [4.69, 9.17) is 5.26 Å². The van der Waals surface area contributed by atoms with Crippen LogP contribution in [0.15, 0.2) is 23.1 Å². The van der Waals surface area contributed by atoms with Gasteiger partial charge in [0.15, 0.2) is 0 Å². The molecule has 118 valence electrons. The number of benzene rings is 1. The van der Waals surface area contributed by atoms with E-state index in [-0.39, 0.29) is 11.3 Å². The van der Waals surface area contributed by atoms with Crippen molar-refractivity contribution in [2.24, 2.45) is 0 Å². The summed E-state index contributed by atoms with van der Waals surface area (Å²) in [4.78, 5) is 11.7. The molecular formula is C15H19N3O3S. The van der Waals surface area contributed by atoms with Crippen LogP contribution in [0, 0.1) is 18.3 Å². The van der Waals surface area contributed by atoms with E-state index in [0.29, 0.717) is 24.3 Å². The molecule has 1 amide bonds. The van der Waals surface area contributed by atoms with E-state index in [9.17, 15) is 13.2 Å². The minimum atomic E-state index is -3.55. The number of amides is 1. The van der Waals surface area contributed by atoms with E-state index in [1.54, 1.807) is 25.1 Å². The summed E-state index contributed by atoms with van der Waals surface area (Å²) in [5, 5.41) is 11.0. The first-order chi connectivity index (χ1) is 10.4. The number of piperidine rings is 1. The van der Waals surface area contributed by atoms with E-state index >= 15 is 0 Å². The number of hydrogen-bond donors (Lipinski definition) is 1. The zero-order chi connectivity index (χ0) is 16.2. The van der Waals surface area contributed by atoms with Gasteiger partial charge in [0.25, 0.3) is 0 Å². The third-order valence-corrected chi connectivity index (χ3v) is 5.68. The number of nitrogens with one attached hydrogen (secondary N) is 1. The lowest BCUT2D eigenvalue weighted by atomic mass is 10.2. The number of aryl methyl sites for hydroxylation is 1. The van der Waals surface area contributed by atoms with Gasteiger partial charge in [-0.2, -0.15) is 9.57 Å². The molecular weight excluding hydrogens is 302 g/mol. The van der Waals surface area contributed by atoms with Crippen LogP contribution < -0.4 is 5.32 Å². The number of anilines is 1. The monoisotopic (exact) mass is 321 g/mol. The number of nitriles is 1. The molecule has 0 spiro atoms. The Hall–Kier alpha value is -1.91.